The molecule has 2 aromatic carbocycles. The van der Waals surface area contributed by atoms with Crippen LogP contribution in [0.2, 0.25) is 0 Å². The molecule has 4 aromatic rings. The molecular formula is C26H25N3OS. The van der Waals surface area contributed by atoms with E-state index in [2.05, 4.69) is 49.5 Å². The summed E-state index contributed by atoms with van der Waals surface area (Å²) in [5, 5.41) is 5.26. The summed E-state index contributed by atoms with van der Waals surface area (Å²) < 4.78 is 0. The summed E-state index contributed by atoms with van der Waals surface area (Å²) in [5.41, 5.74) is 9.21. The van der Waals surface area contributed by atoms with Crippen LogP contribution in [0.5, 0.6) is 0 Å². The number of nitrogens with one attached hydrogen (secondary N) is 1. The summed E-state index contributed by atoms with van der Waals surface area (Å²) in [4.78, 5) is 20.3. The van der Waals surface area contributed by atoms with Crippen LogP contribution in [-0.4, -0.2) is 16.6 Å². The third-order valence-corrected chi connectivity index (χ3v) is 6.47. The SMILES string of the molecule is CC/C(=N\NC(=O)c1cc(-c2ccc(C)c(C)c2)nc2ccccc12)c1ccc(C)s1. The molecule has 156 valence electrons. The van der Waals surface area contributed by atoms with Crippen molar-refractivity contribution in [3.63, 3.8) is 0 Å². The van der Waals surface area contributed by atoms with Gasteiger partial charge in [0.1, 0.15) is 0 Å². The van der Waals surface area contributed by atoms with Crippen LogP contribution < -0.4 is 5.43 Å². The molecule has 0 bridgehead atoms. The van der Waals surface area contributed by atoms with Crippen molar-refractivity contribution in [2.24, 2.45) is 5.10 Å². The Balaban J connectivity index is 1.74. The predicted octanol–water partition coefficient (Wildman–Crippen LogP) is 6.43. The van der Waals surface area contributed by atoms with E-state index in [-0.39, 0.29) is 5.91 Å². The second kappa shape index (κ2) is 8.82. The Kier molecular flexibility index (Phi) is 5.96. The predicted molar refractivity (Wildman–Crippen MR) is 130 cm³/mol. The van der Waals surface area contributed by atoms with Crippen LogP contribution in [-0.2, 0) is 0 Å². The molecule has 0 saturated carbocycles. The van der Waals surface area contributed by atoms with Gasteiger partial charge in [0.25, 0.3) is 5.91 Å². The highest BCUT2D eigenvalue weighted by Gasteiger charge is 2.15. The van der Waals surface area contributed by atoms with Gasteiger partial charge >= 0.3 is 0 Å². The van der Waals surface area contributed by atoms with Gasteiger partial charge in [0.2, 0.25) is 0 Å². The Morgan fingerprint density at radius 3 is 2.52 bits per heavy atom. The molecule has 0 aliphatic carbocycles. The molecule has 4 rings (SSSR count). The smallest absolute Gasteiger partial charge is 0.267 e. The molecule has 0 spiro atoms. The molecule has 4 nitrogen and oxygen atoms in total. The zero-order valence-electron chi connectivity index (χ0n) is 18.2. The second-order valence-electron chi connectivity index (χ2n) is 7.63. The first kappa shape index (κ1) is 20.9. The number of para-hydroxylation sites is 1. The van der Waals surface area contributed by atoms with Gasteiger partial charge in [-0.15, -0.1) is 11.3 Å². The van der Waals surface area contributed by atoms with Gasteiger partial charge in [-0.1, -0.05) is 37.3 Å². The molecule has 0 aliphatic rings. The average molecular weight is 428 g/mol. The number of rotatable bonds is 5. The van der Waals surface area contributed by atoms with Crippen molar-refractivity contribution < 1.29 is 4.79 Å². The highest BCUT2D eigenvalue weighted by Crippen LogP contribution is 2.26. The Morgan fingerprint density at radius 2 is 1.81 bits per heavy atom. The van der Waals surface area contributed by atoms with Gasteiger partial charge in [0, 0.05) is 15.8 Å². The molecule has 31 heavy (non-hydrogen) atoms. The van der Waals surface area contributed by atoms with E-state index in [1.807, 2.05) is 49.4 Å². The topological polar surface area (TPSA) is 54.4 Å². The number of pyridine rings is 1. The van der Waals surface area contributed by atoms with Gasteiger partial charge < -0.3 is 0 Å². The first-order chi connectivity index (χ1) is 15.0. The first-order valence-electron chi connectivity index (χ1n) is 10.4. The Labute approximate surface area is 186 Å². The fourth-order valence-corrected chi connectivity index (χ4v) is 4.42. The lowest BCUT2D eigenvalue weighted by atomic mass is 10.0. The Bertz CT molecular complexity index is 1300. The quantitative estimate of drug-likeness (QED) is 0.295. The Morgan fingerprint density at radius 1 is 1.00 bits per heavy atom. The van der Waals surface area contributed by atoms with E-state index in [1.54, 1.807) is 11.3 Å². The standard InChI is InChI=1S/C26H25N3OS/c1-5-22(25-13-11-18(4)31-25)28-29-26(30)21-15-24(19-12-10-16(2)17(3)14-19)27-23-9-7-6-8-20(21)23/h6-15H,5H2,1-4H3,(H,29,30)/b28-22+. The maximum Gasteiger partial charge on any atom is 0.272 e. The maximum absolute atomic E-state index is 13.2. The average Bonchev–Trinajstić information content (AvgIpc) is 3.21. The number of hydrazone groups is 1. The number of carbonyl (C=O) groups is 1. The number of hydrogen-bond donors (Lipinski definition) is 1. The summed E-state index contributed by atoms with van der Waals surface area (Å²) in [6.45, 7) is 8.28. The number of nitrogens with zero attached hydrogens (tertiary/aromatic N) is 2. The number of hydrogen-bond acceptors (Lipinski definition) is 4. The molecule has 0 unspecified atom stereocenters. The Hall–Kier alpha value is -3.31. The number of benzene rings is 2. The summed E-state index contributed by atoms with van der Waals surface area (Å²) >= 11 is 1.68. The minimum atomic E-state index is -0.233. The zero-order valence-corrected chi connectivity index (χ0v) is 19.0. The monoisotopic (exact) mass is 427 g/mol. The molecule has 1 N–H and O–H groups in total. The van der Waals surface area contributed by atoms with Gasteiger partial charge in [0.05, 0.1) is 27.4 Å². The van der Waals surface area contributed by atoms with E-state index < -0.39 is 0 Å². The van der Waals surface area contributed by atoms with E-state index in [1.165, 1.54) is 16.0 Å². The van der Waals surface area contributed by atoms with Crippen molar-refractivity contribution in [3.05, 3.63) is 87.1 Å². The van der Waals surface area contributed by atoms with Gasteiger partial charge in [-0.05, 0) is 68.7 Å². The fraction of sp³-hybridized carbons (Fsp3) is 0.192. The molecule has 0 saturated heterocycles. The third-order valence-electron chi connectivity index (χ3n) is 5.42. The van der Waals surface area contributed by atoms with Crippen molar-refractivity contribution in [2.75, 3.05) is 0 Å². The summed E-state index contributed by atoms with van der Waals surface area (Å²) in [5.74, 6) is -0.233. The molecular weight excluding hydrogens is 402 g/mol. The van der Waals surface area contributed by atoms with Crippen LogP contribution in [0.4, 0.5) is 0 Å². The van der Waals surface area contributed by atoms with E-state index in [9.17, 15) is 4.79 Å². The number of aryl methyl sites for hydroxylation is 3. The zero-order chi connectivity index (χ0) is 22.0. The fourth-order valence-electron chi connectivity index (χ4n) is 3.49. The largest absolute Gasteiger partial charge is 0.272 e. The normalized spacial score (nSPS) is 11.7. The maximum atomic E-state index is 13.2. The van der Waals surface area contributed by atoms with Gasteiger partial charge in [0.15, 0.2) is 0 Å². The number of amides is 1. The van der Waals surface area contributed by atoms with Crippen molar-refractivity contribution in [2.45, 2.75) is 34.1 Å². The molecule has 0 radical (unpaired) electrons. The highest BCUT2D eigenvalue weighted by molar-refractivity contribution is 7.14. The molecule has 0 atom stereocenters. The van der Waals surface area contributed by atoms with Gasteiger partial charge in [-0.3, -0.25) is 4.79 Å². The van der Waals surface area contributed by atoms with Crippen molar-refractivity contribution in [1.29, 1.82) is 0 Å². The van der Waals surface area contributed by atoms with Crippen LogP contribution in [0.1, 0.15) is 44.6 Å². The van der Waals surface area contributed by atoms with Crippen LogP contribution >= 0.6 is 11.3 Å². The summed E-state index contributed by atoms with van der Waals surface area (Å²) in [6.07, 6.45) is 0.741. The van der Waals surface area contributed by atoms with Gasteiger partial charge in [-0.2, -0.15) is 5.10 Å². The number of thiophene rings is 1. The van der Waals surface area contributed by atoms with Crippen molar-refractivity contribution >= 4 is 33.9 Å². The van der Waals surface area contributed by atoms with Crippen molar-refractivity contribution in [1.82, 2.24) is 10.4 Å². The number of aromatic nitrogens is 1. The summed E-state index contributed by atoms with van der Waals surface area (Å²) in [7, 11) is 0. The molecule has 2 heterocycles. The minimum Gasteiger partial charge on any atom is -0.267 e. The lowest BCUT2D eigenvalue weighted by Crippen LogP contribution is -2.20. The third kappa shape index (κ3) is 4.42. The lowest BCUT2D eigenvalue weighted by molar-refractivity contribution is 0.0956. The van der Waals surface area contributed by atoms with Crippen LogP contribution in [0.3, 0.4) is 0 Å². The van der Waals surface area contributed by atoms with E-state index in [0.29, 0.717) is 5.56 Å². The number of fused-ring (bicyclic) bond motifs is 1. The first-order valence-corrected chi connectivity index (χ1v) is 11.2. The van der Waals surface area contributed by atoms with Crippen LogP contribution in [0.25, 0.3) is 22.2 Å². The minimum absolute atomic E-state index is 0.233. The second-order valence-corrected chi connectivity index (χ2v) is 8.92. The van der Waals surface area contributed by atoms with E-state index in [0.717, 1.165) is 39.2 Å². The molecule has 0 fully saturated rings. The molecule has 1 amide bonds. The van der Waals surface area contributed by atoms with Crippen molar-refractivity contribution in [3.8, 4) is 11.3 Å². The van der Waals surface area contributed by atoms with E-state index in [4.69, 9.17) is 4.98 Å². The number of carbonyl (C=O) groups excluding carboxylic acids is 1. The summed E-state index contributed by atoms with van der Waals surface area (Å²) in [6, 6.07) is 19.9. The van der Waals surface area contributed by atoms with Gasteiger partial charge in [-0.25, -0.2) is 10.4 Å². The molecule has 5 heteroatoms. The van der Waals surface area contributed by atoms with Crippen LogP contribution in [0, 0.1) is 20.8 Å². The highest BCUT2D eigenvalue weighted by atomic mass is 32.1. The van der Waals surface area contributed by atoms with E-state index >= 15 is 0 Å². The molecule has 0 aliphatic heterocycles. The van der Waals surface area contributed by atoms with Crippen LogP contribution in [0.15, 0.2) is 65.8 Å². The molecule has 2 aromatic heterocycles. The lowest BCUT2D eigenvalue weighted by Gasteiger charge is -2.11.